The molecule has 0 radical (unpaired) electrons. The van der Waals surface area contributed by atoms with E-state index in [-0.39, 0.29) is 5.78 Å². The lowest BCUT2D eigenvalue weighted by Crippen LogP contribution is -2.10. The van der Waals surface area contributed by atoms with Crippen molar-refractivity contribution >= 4 is 11.4 Å². The van der Waals surface area contributed by atoms with Crippen LogP contribution in [0.25, 0.3) is 5.57 Å². The van der Waals surface area contributed by atoms with Gasteiger partial charge in [0.1, 0.15) is 0 Å². The quantitative estimate of drug-likeness (QED) is 0.676. The molecule has 0 saturated heterocycles. The summed E-state index contributed by atoms with van der Waals surface area (Å²) >= 11 is 0. The molecule has 14 heavy (non-hydrogen) atoms. The molecule has 0 unspecified atom stereocenters. The van der Waals surface area contributed by atoms with Gasteiger partial charge < -0.3 is 0 Å². The highest BCUT2D eigenvalue weighted by atomic mass is 16.1. The van der Waals surface area contributed by atoms with Crippen LogP contribution in [0.15, 0.2) is 24.5 Å². The van der Waals surface area contributed by atoms with Crippen LogP contribution < -0.4 is 0 Å². The van der Waals surface area contributed by atoms with Gasteiger partial charge in [-0.1, -0.05) is 19.9 Å². The van der Waals surface area contributed by atoms with Gasteiger partial charge in [-0.15, -0.1) is 0 Å². The summed E-state index contributed by atoms with van der Waals surface area (Å²) in [6.07, 6.45) is 6.03. The van der Waals surface area contributed by atoms with Gasteiger partial charge in [0.2, 0.25) is 0 Å². The van der Waals surface area contributed by atoms with Crippen LogP contribution in [0.5, 0.6) is 0 Å². The summed E-state index contributed by atoms with van der Waals surface area (Å²) in [6, 6.07) is 1.81. The number of fused-ring (bicyclic) bond motifs is 1. The van der Waals surface area contributed by atoms with E-state index < -0.39 is 0 Å². The number of pyridine rings is 1. The predicted molar refractivity (Wildman–Crippen MR) is 56.0 cm³/mol. The highest BCUT2D eigenvalue weighted by Crippen LogP contribution is 2.30. The number of Topliss-reactive ketones (excluding diaryl/α,β-unsaturated/α-hetero) is 1. The molecule has 0 aromatic carbocycles. The first-order chi connectivity index (χ1) is 6.70. The van der Waals surface area contributed by atoms with E-state index in [1.165, 1.54) is 5.57 Å². The molecule has 0 atom stereocenters. The molecule has 1 aliphatic carbocycles. The molecule has 1 aromatic heterocycles. The SMILES string of the molecule is CC(C)C1=CCC(=O)c2ccncc21. The number of hydrogen-bond donors (Lipinski definition) is 0. The van der Waals surface area contributed by atoms with Gasteiger partial charge in [0, 0.05) is 29.9 Å². The lowest BCUT2D eigenvalue weighted by molar-refractivity contribution is 0.0994. The van der Waals surface area contributed by atoms with Gasteiger partial charge in [-0.3, -0.25) is 9.78 Å². The Morgan fingerprint density at radius 1 is 1.36 bits per heavy atom. The Balaban J connectivity index is 2.57. The van der Waals surface area contributed by atoms with Crippen LogP contribution in [0.3, 0.4) is 0 Å². The van der Waals surface area contributed by atoms with Crippen molar-refractivity contribution in [3.8, 4) is 0 Å². The number of carbonyl (C=O) groups is 1. The number of allylic oxidation sites excluding steroid dienone is 2. The van der Waals surface area contributed by atoms with E-state index in [2.05, 4.69) is 18.8 Å². The summed E-state index contributed by atoms with van der Waals surface area (Å²) in [4.78, 5) is 15.7. The Bertz CT molecular complexity index is 405. The van der Waals surface area contributed by atoms with Crippen molar-refractivity contribution in [2.45, 2.75) is 20.3 Å². The maximum Gasteiger partial charge on any atom is 0.167 e. The number of nitrogens with zero attached hydrogens (tertiary/aromatic N) is 1. The van der Waals surface area contributed by atoms with Gasteiger partial charge >= 0.3 is 0 Å². The van der Waals surface area contributed by atoms with Crippen LogP contribution in [0, 0.1) is 5.92 Å². The molecule has 2 rings (SSSR count). The first kappa shape index (κ1) is 9.13. The summed E-state index contributed by atoms with van der Waals surface area (Å²) in [5.41, 5.74) is 3.08. The third kappa shape index (κ3) is 1.37. The maximum atomic E-state index is 11.6. The standard InChI is InChI=1S/C12H13NO/c1-8(2)9-3-4-12(14)10-5-6-13-7-11(9)10/h3,5-8H,4H2,1-2H3. The summed E-state index contributed by atoms with van der Waals surface area (Å²) < 4.78 is 0. The van der Waals surface area contributed by atoms with E-state index >= 15 is 0 Å². The molecule has 2 heteroatoms. The minimum absolute atomic E-state index is 0.201. The van der Waals surface area contributed by atoms with E-state index in [0.29, 0.717) is 12.3 Å². The Labute approximate surface area is 83.7 Å². The van der Waals surface area contributed by atoms with Crippen molar-refractivity contribution in [1.29, 1.82) is 0 Å². The monoisotopic (exact) mass is 187 g/mol. The minimum atomic E-state index is 0.201. The van der Waals surface area contributed by atoms with Gasteiger partial charge in [0.25, 0.3) is 0 Å². The summed E-state index contributed by atoms with van der Waals surface area (Å²) in [6.45, 7) is 4.27. The first-order valence-electron chi connectivity index (χ1n) is 4.88. The molecule has 0 bridgehead atoms. The van der Waals surface area contributed by atoms with Crippen molar-refractivity contribution in [3.05, 3.63) is 35.7 Å². The molecule has 0 saturated carbocycles. The largest absolute Gasteiger partial charge is 0.294 e. The second-order valence-electron chi connectivity index (χ2n) is 3.86. The second-order valence-corrected chi connectivity index (χ2v) is 3.86. The topological polar surface area (TPSA) is 30.0 Å². The average Bonchev–Trinajstić information content (AvgIpc) is 2.18. The number of ketones is 1. The van der Waals surface area contributed by atoms with Gasteiger partial charge in [0.15, 0.2) is 5.78 Å². The van der Waals surface area contributed by atoms with Crippen molar-refractivity contribution in [2.75, 3.05) is 0 Å². The minimum Gasteiger partial charge on any atom is -0.294 e. The molecule has 0 spiro atoms. The van der Waals surface area contributed by atoms with Crippen molar-refractivity contribution < 1.29 is 4.79 Å². The van der Waals surface area contributed by atoms with Crippen LogP contribution >= 0.6 is 0 Å². The molecule has 0 fully saturated rings. The van der Waals surface area contributed by atoms with Gasteiger partial charge in [-0.25, -0.2) is 0 Å². The molecule has 2 nitrogen and oxygen atoms in total. The summed E-state index contributed by atoms with van der Waals surface area (Å²) in [7, 11) is 0. The molecule has 72 valence electrons. The number of hydrogen-bond acceptors (Lipinski definition) is 2. The van der Waals surface area contributed by atoms with Crippen molar-refractivity contribution in [1.82, 2.24) is 4.98 Å². The Morgan fingerprint density at radius 2 is 2.14 bits per heavy atom. The normalized spacial score (nSPS) is 15.4. The predicted octanol–water partition coefficient (Wildman–Crippen LogP) is 2.71. The van der Waals surface area contributed by atoms with Crippen LogP contribution in [0.1, 0.15) is 36.2 Å². The fourth-order valence-corrected chi connectivity index (χ4v) is 1.84. The van der Waals surface area contributed by atoms with Crippen LogP contribution in [-0.2, 0) is 0 Å². The molecule has 0 amide bonds. The molecular formula is C12H13NO. The number of aromatic nitrogens is 1. The third-order valence-corrected chi connectivity index (χ3v) is 2.56. The fourth-order valence-electron chi connectivity index (χ4n) is 1.84. The Morgan fingerprint density at radius 3 is 2.86 bits per heavy atom. The van der Waals surface area contributed by atoms with E-state index in [1.54, 1.807) is 12.4 Å². The Hall–Kier alpha value is -1.44. The van der Waals surface area contributed by atoms with Gasteiger partial charge in [-0.05, 0) is 17.6 Å². The van der Waals surface area contributed by atoms with E-state index in [0.717, 1.165) is 11.1 Å². The molecule has 0 N–H and O–H groups in total. The van der Waals surface area contributed by atoms with E-state index in [4.69, 9.17) is 0 Å². The lowest BCUT2D eigenvalue weighted by atomic mass is 9.86. The lowest BCUT2D eigenvalue weighted by Gasteiger charge is -2.18. The zero-order valence-electron chi connectivity index (χ0n) is 8.45. The maximum absolute atomic E-state index is 11.6. The van der Waals surface area contributed by atoms with Crippen LogP contribution in [0.2, 0.25) is 0 Å². The molecule has 1 aliphatic rings. The fraction of sp³-hybridized carbons (Fsp3) is 0.333. The zero-order valence-corrected chi connectivity index (χ0v) is 8.45. The van der Waals surface area contributed by atoms with Gasteiger partial charge in [-0.2, -0.15) is 0 Å². The summed E-state index contributed by atoms with van der Waals surface area (Å²) in [5, 5.41) is 0. The number of carbonyl (C=O) groups excluding carboxylic acids is 1. The highest BCUT2D eigenvalue weighted by Gasteiger charge is 2.20. The molecule has 0 aliphatic heterocycles. The highest BCUT2D eigenvalue weighted by molar-refractivity contribution is 6.04. The van der Waals surface area contributed by atoms with Gasteiger partial charge in [0.05, 0.1) is 0 Å². The van der Waals surface area contributed by atoms with Crippen LogP contribution in [0.4, 0.5) is 0 Å². The Kier molecular flexibility index (Phi) is 2.20. The van der Waals surface area contributed by atoms with Crippen molar-refractivity contribution in [2.24, 2.45) is 5.92 Å². The smallest absolute Gasteiger partial charge is 0.167 e. The third-order valence-electron chi connectivity index (χ3n) is 2.56. The average molecular weight is 187 g/mol. The van der Waals surface area contributed by atoms with Crippen LogP contribution in [-0.4, -0.2) is 10.8 Å². The molecule has 1 heterocycles. The zero-order chi connectivity index (χ0) is 10.1. The second kappa shape index (κ2) is 3.37. The van der Waals surface area contributed by atoms with Crippen molar-refractivity contribution in [3.63, 3.8) is 0 Å². The molecule has 1 aromatic rings. The number of rotatable bonds is 1. The summed E-state index contributed by atoms with van der Waals surface area (Å²) in [5.74, 6) is 0.651. The first-order valence-corrected chi connectivity index (χ1v) is 4.88. The van der Waals surface area contributed by atoms with E-state index in [9.17, 15) is 4.79 Å². The molecular weight excluding hydrogens is 174 g/mol. The van der Waals surface area contributed by atoms with E-state index in [1.807, 2.05) is 12.1 Å².